The zero-order chi connectivity index (χ0) is 11.0. The van der Waals surface area contributed by atoms with Crippen molar-refractivity contribution in [2.45, 2.75) is 26.3 Å². The van der Waals surface area contributed by atoms with Gasteiger partial charge in [0.15, 0.2) is 0 Å². The Bertz CT molecular complexity index is 408. The van der Waals surface area contributed by atoms with E-state index >= 15 is 0 Å². The predicted molar refractivity (Wildman–Crippen MR) is 53.2 cm³/mol. The van der Waals surface area contributed by atoms with Crippen LogP contribution in [0.25, 0.3) is 0 Å². The van der Waals surface area contributed by atoms with Crippen LogP contribution in [0.5, 0.6) is 0 Å². The second-order valence-electron chi connectivity index (χ2n) is 3.80. The van der Waals surface area contributed by atoms with Crippen molar-refractivity contribution in [1.82, 2.24) is 4.90 Å². The molecule has 80 valence electrons. The molecule has 0 bridgehead atoms. The molecule has 15 heavy (non-hydrogen) atoms. The van der Waals surface area contributed by atoms with Gasteiger partial charge < -0.3 is 9.32 Å². The van der Waals surface area contributed by atoms with Crippen LogP contribution in [0.3, 0.4) is 0 Å². The van der Waals surface area contributed by atoms with Crippen LogP contribution in [0.1, 0.15) is 30.9 Å². The smallest absolute Gasteiger partial charge is 0.290 e. The first-order chi connectivity index (χ1) is 7.09. The molecule has 1 atom stereocenters. The van der Waals surface area contributed by atoms with Gasteiger partial charge in [-0.05, 0) is 26.0 Å². The van der Waals surface area contributed by atoms with Crippen molar-refractivity contribution in [1.29, 1.82) is 0 Å². The lowest BCUT2D eigenvalue weighted by Crippen LogP contribution is -2.30. The van der Waals surface area contributed by atoms with Gasteiger partial charge >= 0.3 is 0 Å². The van der Waals surface area contributed by atoms with Crippen LogP contribution in [0.2, 0.25) is 0 Å². The number of likely N-dealkylation sites (tertiary alicyclic amines) is 1. The third-order valence-corrected chi connectivity index (χ3v) is 2.72. The normalized spacial score (nSPS) is 18.7. The number of aryl methyl sites for hydroxylation is 1. The number of hydrogen-bond donors (Lipinski definition) is 0. The largest absolute Gasteiger partial charge is 0.464 e. The third-order valence-electron chi connectivity index (χ3n) is 2.72. The zero-order valence-electron chi connectivity index (χ0n) is 8.82. The van der Waals surface area contributed by atoms with Gasteiger partial charge in [-0.3, -0.25) is 9.59 Å². The summed E-state index contributed by atoms with van der Waals surface area (Å²) in [5, 5.41) is 0. The van der Waals surface area contributed by atoms with E-state index in [1.807, 2.05) is 26.0 Å². The second-order valence-corrected chi connectivity index (χ2v) is 3.80. The molecule has 1 aliphatic rings. The molecule has 0 N–H and O–H groups in total. The highest BCUT2D eigenvalue weighted by Gasteiger charge is 2.34. The molecule has 1 saturated heterocycles. The van der Waals surface area contributed by atoms with Crippen LogP contribution in [-0.4, -0.2) is 23.1 Å². The molecule has 1 aromatic rings. The van der Waals surface area contributed by atoms with Gasteiger partial charge in [-0.2, -0.15) is 0 Å². The van der Waals surface area contributed by atoms with Crippen LogP contribution in [0.15, 0.2) is 16.5 Å². The summed E-state index contributed by atoms with van der Waals surface area (Å²) in [7, 11) is 0. The molecule has 4 heteroatoms. The van der Waals surface area contributed by atoms with E-state index < -0.39 is 5.91 Å². The van der Waals surface area contributed by atoms with Crippen LogP contribution < -0.4 is 0 Å². The lowest BCUT2D eigenvalue weighted by atomic mass is 10.2. The van der Waals surface area contributed by atoms with Crippen molar-refractivity contribution in [2.75, 3.05) is 6.54 Å². The molecule has 0 aliphatic carbocycles. The van der Waals surface area contributed by atoms with Crippen LogP contribution in [-0.2, 0) is 9.59 Å². The van der Waals surface area contributed by atoms with E-state index in [1.165, 1.54) is 0 Å². The molecule has 1 aliphatic heterocycles. The second kappa shape index (κ2) is 3.53. The molecule has 0 saturated carbocycles. The van der Waals surface area contributed by atoms with Gasteiger partial charge in [0.1, 0.15) is 11.5 Å². The molecule has 1 unspecified atom stereocenters. The Labute approximate surface area is 87.9 Å². The van der Waals surface area contributed by atoms with E-state index in [0.29, 0.717) is 13.0 Å². The molecule has 4 nitrogen and oxygen atoms in total. The minimum Gasteiger partial charge on any atom is -0.464 e. The number of carbonyl (C=O) groups is 2. The minimum absolute atomic E-state index is 0.155. The lowest BCUT2D eigenvalue weighted by Gasteiger charge is -2.21. The highest BCUT2D eigenvalue weighted by atomic mass is 16.3. The Morgan fingerprint density at radius 1 is 1.40 bits per heavy atom. The van der Waals surface area contributed by atoms with E-state index in [-0.39, 0.29) is 11.8 Å². The fourth-order valence-electron chi connectivity index (χ4n) is 1.79. The first-order valence-electron chi connectivity index (χ1n) is 4.99. The molecule has 1 fully saturated rings. The summed E-state index contributed by atoms with van der Waals surface area (Å²) in [5.74, 6) is 0.854. The Morgan fingerprint density at radius 2 is 2.13 bits per heavy atom. The van der Waals surface area contributed by atoms with Crippen molar-refractivity contribution in [3.05, 3.63) is 23.7 Å². The SMILES string of the molecule is Cc1ccc(C(C)N2CCC(=O)C2=O)o1. The highest BCUT2D eigenvalue weighted by Crippen LogP contribution is 2.25. The van der Waals surface area contributed by atoms with Gasteiger partial charge in [-0.15, -0.1) is 0 Å². The lowest BCUT2D eigenvalue weighted by molar-refractivity contribution is -0.141. The Morgan fingerprint density at radius 3 is 2.60 bits per heavy atom. The molecular weight excluding hydrogens is 194 g/mol. The van der Waals surface area contributed by atoms with Crippen molar-refractivity contribution >= 4 is 11.7 Å². The standard InChI is InChI=1S/C11H13NO3/c1-7-3-4-10(15-7)8(2)12-6-5-9(13)11(12)14/h3-4,8H,5-6H2,1-2H3. The summed E-state index contributed by atoms with van der Waals surface area (Å²) in [4.78, 5) is 24.1. The molecule has 1 aromatic heterocycles. The van der Waals surface area contributed by atoms with Crippen LogP contribution in [0.4, 0.5) is 0 Å². The van der Waals surface area contributed by atoms with Crippen molar-refractivity contribution < 1.29 is 14.0 Å². The zero-order valence-corrected chi connectivity index (χ0v) is 8.82. The number of carbonyl (C=O) groups excluding carboxylic acids is 2. The van der Waals surface area contributed by atoms with Gasteiger partial charge in [-0.1, -0.05) is 0 Å². The average molecular weight is 207 g/mol. The molecule has 1 amide bonds. The van der Waals surface area contributed by atoms with Gasteiger partial charge in [0, 0.05) is 13.0 Å². The summed E-state index contributed by atoms with van der Waals surface area (Å²) < 4.78 is 5.44. The van der Waals surface area contributed by atoms with Gasteiger partial charge in [-0.25, -0.2) is 0 Å². The van der Waals surface area contributed by atoms with Gasteiger partial charge in [0.05, 0.1) is 6.04 Å². The maximum atomic E-state index is 11.5. The number of nitrogens with zero attached hydrogens (tertiary/aromatic N) is 1. The van der Waals surface area contributed by atoms with E-state index in [9.17, 15) is 9.59 Å². The van der Waals surface area contributed by atoms with E-state index in [2.05, 4.69) is 0 Å². The average Bonchev–Trinajstić information content (AvgIpc) is 2.75. The summed E-state index contributed by atoms with van der Waals surface area (Å²) in [6.07, 6.45) is 0.322. The van der Waals surface area contributed by atoms with Gasteiger partial charge in [0.25, 0.3) is 5.91 Å². The van der Waals surface area contributed by atoms with Gasteiger partial charge in [0.2, 0.25) is 5.78 Å². The molecule has 0 radical (unpaired) electrons. The number of rotatable bonds is 2. The minimum atomic E-state index is -0.392. The van der Waals surface area contributed by atoms with Crippen LogP contribution in [0, 0.1) is 6.92 Å². The molecule has 0 aromatic carbocycles. The van der Waals surface area contributed by atoms with E-state index in [0.717, 1.165) is 11.5 Å². The summed E-state index contributed by atoms with van der Waals surface area (Å²) >= 11 is 0. The first-order valence-corrected chi connectivity index (χ1v) is 4.99. The number of Topliss-reactive ketones (excluding diaryl/α,β-unsaturated/α-hetero) is 1. The summed E-state index contributed by atoms with van der Waals surface area (Å²) in [6.45, 7) is 4.22. The molecule has 2 rings (SSSR count). The monoisotopic (exact) mass is 207 g/mol. The summed E-state index contributed by atoms with van der Waals surface area (Å²) in [6, 6.07) is 3.54. The van der Waals surface area contributed by atoms with Crippen LogP contribution >= 0.6 is 0 Å². The number of furan rings is 1. The number of amides is 1. The molecular formula is C11H13NO3. The summed E-state index contributed by atoms with van der Waals surface area (Å²) in [5.41, 5.74) is 0. The Balaban J connectivity index is 2.18. The maximum Gasteiger partial charge on any atom is 0.290 e. The topological polar surface area (TPSA) is 50.5 Å². The third kappa shape index (κ3) is 1.67. The Kier molecular flexibility index (Phi) is 2.34. The molecule has 2 heterocycles. The Hall–Kier alpha value is -1.58. The number of ketones is 1. The predicted octanol–water partition coefficient (Wildman–Crippen LogP) is 1.45. The maximum absolute atomic E-state index is 11.5. The quantitative estimate of drug-likeness (QED) is 0.690. The first kappa shape index (κ1) is 9.96. The fourth-order valence-corrected chi connectivity index (χ4v) is 1.79. The van der Waals surface area contributed by atoms with E-state index in [1.54, 1.807) is 4.90 Å². The van der Waals surface area contributed by atoms with Crippen molar-refractivity contribution in [3.63, 3.8) is 0 Å². The van der Waals surface area contributed by atoms with E-state index in [4.69, 9.17) is 4.42 Å². The number of hydrogen-bond acceptors (Lipinski definition) is 3. The van der Waals surface area contributed by atoms with Crippen molar-refractivity contribution in [2.24, 2.45) is 0 Å². The fraction of sp³-hybridized carbons (Fsp3) is 0.455. The highest BCUT2D eigenvalue weighted by molar-refractivity contribution is 6.37. The molecule has 0 spiro atoms. The van der Waals surface area contributed by atoms with Crippen molar-refractivity contribution in [3.8, 4) is 0 Å².